The highest BCUT2D eigenvalue weighted by Crippen LogP contribution is 2.29. The van der Waals surface area contributed by atoms with E-state index in [1.807, 2.05) is 0 Å². The third-order valence-corrected chi connectivity index (χ3v) is 3.13. The van der Waals surface area contributed by atoms with Crippen LogP contribution in [0.15, 0.2) is 18.2 Å². The highest BCUT2D eigenvalue weighted by molar-refractivity contribution is 5.46. The molecule has 1 aliphatic rings. The third kappa shape index (κ3) is 3.41. The van der Waals surface area contributed by atoms with Gasteiger partial charge >= 0.3 is 0 Å². The van der Waals surface area contributed by atoms with Crippen LogP contribution in [0.3, 0.4) is 0 Å². The molecule has 0 radical (unpaired) electrons. The number of nitrogens with zero attached hydrogens (tertiary/aromatic N) is 1. The lowest BCUT2D eigenvalue weighted by Crippen LogP contribution is -2.29. The molecule has 17 heavy (non-hydrogen) atoms. The molecule has 0 saturated heterocycles. The molecular formula is C13H19FN2O. The maximum atomic E-state index is 12.9. The number of nitrogens with two attached hydrogens (primary N) is 1. The van der Waals surface area contributed by atoms with E-state index in [1.165, 1.54) is 25.0 Å². The number of rotatable bonds is 6. The lowest BCUT2D eigenvalue weighted by Gasteiger charge is -2.22. The number of hydrogen-bond acceptors (Lipinski definition) is 3. The number of methoxy groups -OCH3 is 1. The average molecular weight is 238 g/mol. The zero-order chi connectivity index (χ0) is 12.3. The number of halogens is 1. The summed E-state index contributed by atoms with van der Waals surface area (Å²) in [5.41, 5.74) is 7.35. The fourth-order valence-corrected chi connectivity index (χ4v) is 1.97. The van der Waals surface area contributed by atoms with E-state index in [2.05, 4.69) is 4.90 Å². The molecule has 0 aromatic heterocycles. The minimum atomic E-state index is -0.277. The predicted octanol–water partition coefficient (Wildman–Crippen LogP) is 2.02. The topological polar surface area (TPSA) is 38.5 Å². The molecule has 0 spiro atoms. The van der Waals surface area contributed by atoms with E-state index < -0.39 is 0 Å². The van der Waals surface area contributed by atoms with Crippen molar-refractivity contribution >= 4 is 5.69 Å². The second-order valence-electron chi connectivity index (χ2n) is 4.54. The minimum absolute atomic E-state index is 0.277. The van der Waals surface area contributed by atoms with Crippen molar-refractivity contribution < 1.29 is 9.13 Å². The molecule has 0 aliphatic heterocycles. The Kier molecular flexibility index (Phi) is 3.97. The van der Waals surface area contributed by atoms with Crippen LogP contribution in [0, 0.1) is 5.82 Å². The summed E-state index contributed by atoms with van der Waals surface area (Å²) in [4.78, 5) is 2.35. The van der Waals surface area contributed by atoms with E-state index in [0.717, 1.165) is 25.3 Å². The molecule has 0 unspecified atom stereocenters. The molecular weight excluding hydrogens is 219 g/mol. The van der Waals surface area contributed by atoms with Gasteiger partial charge in [-0.25, -0.2) is 4.39 Å². The fourth-order valence-electron chi connectivity index (χ4n) is 1.97. The lowest BCUT2D eigenvalue weighted by molar-refractivity contribution is 0.139. The standard InChI is InChI=1S/C13H19FN2O/c1-17-7-6-16(12-4-5-12)9-10-2-3-11(14)8-13(10)15/h2-3,8,12H,4-7,9,15H2,1H3. The molecule has 0 bridgehead atoms. The van der Waals surface area contributed by atoms with Crippen LogP contribution in [0.1, 0.15) is 18.4 Å². The fraction of sp³-hybridized carbons (Fsp3) is 0.538. The summed E-state index contributed by atoms with van der Waals surface area (Å²) in [5.74, 6) is -0.277. The first-order chi connectivity index (χ1) is 8.20. The SMILES string of the molecule is COCCN(Cc1ccc(F)cc1N)C1CC1. The average Bonchev–Trinajstić information content (AvgIpc) is 3.11. The number of hydrogen-bond donors (Lipinski definition) is 1. The Morgan fingerprint density at radius 1 is 1.47 bits per heavy atom. The van der Waals surface area contributed by atoms with Crippen molar-refractivity contribution in [3.63, 3.8) is 0 Å². The van der Waals surface area contributed by atoms with Gasteiger partial charge in [0.1, 0.15) is 5.82 Å². The van der Waals surface area contributed by atoms with Crippen LogP contribution in [0.5, 0.6) is 0 Å². The second kappa shape index (κ2) is 5.47. The largest absolute Gasteiger partial charge is 0.398 e. The van der Waals surface area contributed by atoms with Gasteiger partial charge in [0.25, 0.3) is 0 Å². The van der Waals surface area contributed by atoms with Crippen molar-refractivity contribution in [3.05, 3.63) is 29.6 Å². The van der Waals surface area contributed by atoms with Crippen LogP contribution < -0.4 is 5.73 Å². The molecule has 0 atom stereocenters. The summed E-state index contributed by atoms with van der Waals surface area (Å²) in [6, 6.07) is 5.27. The summed E-state index contributed by atoms with van der Waals surface area (Å²) in [5, 5.41) is 0. The van der Waals surface area contributed by atoms with Crippen LogP contribution in [-0.4, -0.2) is 31.2 Å². The summed E-state index contributed by atoms with van der Waals surface area (Å²) in [6.07, 6.45) is 2.48. The van der Waals surface area contributed by atoms with Crippen LogP contribution in [0.4, 0.5) is 10.1 Å². The zero-order valence-corrected chi connectivity index (χ0v) is 10.2. The maximum Gasteiger partial charge on any atom is 0.125 e. The van der Waals surface area contributed by atoms with Gasteiger partial charge in [-0.1, -0.05) is 6.07 Å². The van der Waals surface area contributed by atoms with Crippen molar-refractivity contribution in [1.29, 1.82) is 0 Å². The third-order valence-electron chi connectivity index (χ3n) is 3.13. The maximum absolute atomic E-state index is 12.9. The molecule has 2 rings (SSSR count). The van der Waals surface area contributed by atoms with E-state index in [0.29, 0.717) is 11.7 Å². The Morgan fingerprint density at radius 2 is 2.24 bits per heavy atom. The number of benzene rings is 1. The number of ether oxygens (including phenoxy) is 1. The van der Waals surface area contributed by atoms with Crippen molar-refractivity contribution in [2.75, 3.05) is 26.0 Å². The van der Waals surface area contributed by atoms with Gasteiger partial charge in [-0.05, 0) is 30.5 Å². The summed E-state index contributed by atoms with van der Waals surface area (Å²) < 4.78 is 18.0. The van der Waals surface area contributed by atoms with Crippen LogP contribution in [0.2, 0.25) is 0 Å². The first kappa shape index (κ1) is 12.3. The highest BCUT2D eigenvalue weighted by atomic mass is 19.1. The molecule has 2 N–H and O–H groups in total. The molecule has 1 aliphatic carbocycles. The van der Waals surface area contributed by atoms with Crippen molar-refractivity contribution in [2.24, 2.45) is 0 Å². The first-order valence-electron chi connectivity index (χ1n) is 5.97. The molecule has 4 heteroatoms. The van der Waals surface area contributed by atoms with Gasteiger partial charge < -0.3 is 10.5 Å². The molecule has 1 aromatic carbocycles. The van der Waals surface area contributed by atoms with Crippen LogP contribution in [0.25, 0.3) is 0 Å². The number of anilines is 1. The Balaban J connectivity index is 2.00. The Morgan fingerprint density at radius 3 is 2.82 bits per heavy atom. The number of nitrogen functional groups attached to an aromatic ring is 1. The normalized spacial score (nSPS) is 15.5. The van der Waals surface area contributed by atoms with Gasteiger partial charge in [-0.3, -0.25) is 4.90 Å². The van der Waals surface area contributed by atoms with Crippen molar-refractivity contribution in [2.45, 2.75) is 25.4 Å². The van der Waals surface area contributed by atoms with Gasteiger partial charge in [-0.2, -0.15) is 0 Å². The molecule has 0 amide bonds. The molecule has 94 valence electrons. The van der Waals surface area contributed by atoms with E-state index >= 15 is 0 Å². The van der Waals surface area contributed by atoms with Crippen molar-refractivity contribution in [3.8, 4) is 0 Å². The van der Waals surface area contributed by atoms with Gasteiger partial charge in [0.05, 0.1) is 6.61 Å². The summed E-state index contributed by atoms with van der Waals surface area (Å²) in [7, 11) is 1.71. The Hall–Kier alpha value is -1.13. The minimum Gasteiger partial charge on any atom is -0.398 e. The van der Waals surface area contributed by atoms with E-state index in [-0.39, 0.29) is 5.82 Å². The molecule has 0 heterocycles. The summed E-state index contributed by atoms with van der Waals surface area (Å²) >= 11 is 0. The zero-order valence-electron chi connectivity index (χ0n) is 10.2. The quantitative estimate of drug-likeness (QED) is 0.771. The Labute approximate surface area is 101 Å². The monoisotopic (exact) mass is 238 g/mol. The lowest BCUT2D eigenvalue weighted by atomic mass is 10.1. The van der Waals surface area contributed by atoms with Crippen LogP contribution >= 0.6 is 0 Å². The molecule has 3 nitrogen and oxygen atoms in total. The van der Waals surface area contributed by atoms with Crippen LogP contribution in [-0.2, 0) is 11.3 Å². The van der Waals surface area contributed by atoms with Gasteiger partial charge in [0, 0.05) is 31.9 Å². The van der Waals surface area contributed by atoms with Gasteiger partial charge in [-0.15, -0.1) is 0 Å². The van der Waals surface area contributed by atoms with E-state index in [4.69, 9.17) is 10.5 Å². The van der Waals surface area contributed by atoms with Gasteiger partial charge in [0.15, 0.2) is 0 Å². The molecule has 1 fully saturated rings. The Bertz CT molecular complexity index is 380. The van der Waals surface area contributed by atoms with Crippen molar-refractivity contribution in [1.82, 2.24) is 4.90 Å². The highest BCUT2D eigenvalue weighted by Gasteiger charge is 2.28. The van der Waals surface area contributed by atoms with E-state index in [1.54, 1.807) is 13.2 Å². The first-order valence-corrected chi connectivity index (χ1v) is 5.97. The predicted molar refractivity (Wildman–Crippen MR) is 66.1 cm³/mol. The second-order valence-corrected chi connectivity index (χ2v) is 4.54. The molecule has 1 aromatic rings. The summed E-state index contributed by atoms with van der Waals surface area (Å²) in [6.45, 7) is 2.40. The van der Waals surface area contributed by atoms with E-state index in [9.17, 15) is 4.39 Å². The molecule has 1 saturated carbocycles. The van der Waals surface area contributed by atoms with Gasteiger partial charge in [0.2, 0.25) is 0 Å². The smallest absolute Gasteiger partial charge is 0.125 e.